The maximum atomic E-state index is 11.1. The fourth-order valence-electron chi connectivity index (χ4n) is 1.24. The number of aromatic nitrogens is 3. The first kappa shape index (κ1) is 8.04. The quantitative estimate of drug-likeness (QED) is 0.620. The van der Waals surface area contributed by atoms with Crippen LogP contribution in [0.5, 0.6) is 0 Å². The molecule has 11 heavy (non-hydrogen) atoms. The van der Waals surface area contributed by atoms with Crippen molar-refractivity contribution in [3.8, 4) is 0 Å². The molecule has 0 aliphatic heterocycles. The molecule has 0 fully saturated rings. The summed E-state index contributed by atoms with van der Waals surface area (Å²) in [5.41, 5.74) is -0.146. The smallest absolute Gasteiger partial charge is 0.268 e. The molecule has 0 aliphatic rings. The zero-order valence-corrected chi connectivity index (χ0v) is 7.16. The van der Waals surface area contributed by atoms with E-state index in [1.54, 1.807) is 4.68 Å². The van der Waals surface area contributed by atoms with Crippen LogP contribution in [0.15, 0.2) is 4.79 Å². The summed E-state index contributed by atoms with van der Waals surface area (Å²) in [6, 6.07) is 0. The normalized spacial score (nSPS) is 10.5. The van der Waals surface area contributed by atoms with Crippen LogP contribution in [0.4, 0.5) is 0 Å². The minimum atomic E-state index is -0.146. The van der Waals surface area contributed by atoms with Gasteiger partial charge in [-0.1, -0.05) is 0 Å². The Bertz CT molecular complexity index is 297. The molecule has 0 saturated carbocycles. The van der Waals surface area contributed by atoms with E-state index < -0.39 is 0 Å². The van der Waals surface area contributed by atoms with Crippen molar-refractivity contribution in [2.24, 2.45) is 0 Å². The average molecular weight is 155 g/mol. The van der Waals surface area contributed by atoms with Gasteiger partial charge in [0.2, 0.25) is 0 Å². The Morgan fingerprint density at radius 1 is 1.27 bits per heavy atom. The first-order valence-corrected chi connectivity index (χ1v) is 3.85. The molecule has 0 amide bonds. The molecule has 0 unspecified atom stereocenters. The minimum Gasteiger partial charge on any atom is -0.268 e. The van der Waals surface area contributed by atoms with Gasteiger partial charge < -0.3 is 0 Å². The fraction of sp³-hybridized carbons (Fsp3) is 0.714. The Balaban J connectivity index is 3.29. The van der Waals surface area contributed by atoms with Gasteiger partial charge in [0.15, 0.2) is 0 Å². The summed E-state index contributed by atoms with van der Waals surface area (Å²) in [7, 11) is 0. The molecule has 1 rings (SSSR count). The molecule has 1 aromatic heterocycles. The van der Waals surface area contributed by atoms with Gasteiger partial charge >= 0.3 is 5.69 Å². The molecule has 4 heteroatoms. The number of nitrogens with zero attached hydrogens (tertiary/aromatic N) is 3. The lowest BCUT2D eigenvalue weighted by Gasteiger charge is -2.05. The van der Waals surface area contributed by atoms with Gasteiger partial charge in [0.1, 0.15) is 5.82 Å². The third-order valence-corrected chi connectivity index (χ3v) is 1.74. The van der Waals surface area contributed by atoms with E-state index in [1.807, 2.05) is 25.5 Å². The van der Waals surface area contributed by atoms with Crippen LogP contribution in [-0.4, -0.2) is 14.3 Å². The standard InChI is InChI=1S/C7H13N3O/c1-4-9-6(3)8-7(11)10(9)5-2/h4-5H2,1-3H3. The molecule has 0 saturated heterocycles. The van der Waals surface area contributed by atoms with Crippen molar-refractivity contribution in [2.45, 2.75) is 33.9 Å². The van der Waals surface area contributed by atoms with Gasteiger partial charge in [-0.3, -0.25) is 4.68 Å². The predicted octanol–water partition coefficient (Wildman–Crippen LogP) is 0.393. The Kier molecular flexibility index (Phi) is 2.12. The molecule has 1 heterocycles. The van der Waals surface area contributed by atoms with Crippen LogP contribution in [-0.2, 0) is 13.1 Å². The number of aryl methyl sites for hydroxylation is 1. The maximum absolute atomic E-state index is 11.1. The monoisotopic (exact) mass is 155 g/mol. The highest BCUT2D eigenvalue weighted by Crippen LogP contribution is 1.90. The predicted molar refractivity (Wildman–Crippen MR) is 42.6 cm³/mol. The highest BCUT2D eigenvalue weighted by Gasteiger charge is 2.04. The molecule has 0 bridgehead atoms. The Morgan fingerprint density at radius 2 is 1.82 bits per heavy atom. The van der Waals surface area contributed by atoms with Crippen molar-refractivity contribution in [2.75, 3.05) is 0 Å². The van der Waals surface area contributed by atoms with Crippen molar-refractivity contribution in [1.29, 1.82) is 0 Å². The van der Waals surface area contributed by atoms with Gasteiger partial charge in [0, 0.05) is 13.1 Å². The Morgan fingerprint density at radius 3 is 2.18 bits per heavy atom. The third-order valence-electron chi connectivity index (χ3n) is 1.74. The summed E-state index contributed by atoms with van der Waals surface area (Å²) in [4.78, 5) is 14.9. The summed E-state index contributed by atoms with van der Waals surface area (Å²) in [6.07, 6.45) is 0. The highest BCUT2D eigenvalue weighted by atomic mass is 16.2. The van der Waals surface area contributed by atoms with Gasteiger partial charge in [0.25, 0.3) is 0 Å². The first-order valence-electron chi connectivity index (χ1n) is 3.85. The first-order chi connectivity index (χ1) is 5.20. The van der Waals surface area contributed by atoms with Crippen molar-refractivity contribution < 1.29 is 0 Å². The van der Waals surface area contributed by atoms with Gasteiger partial charge in [-0.25, -0.2) is 9.48 Å². The zero-order chi connectivity index (χ0) is 8.43. The van der Waals surface area contributed by atoms with Crippen molar-refractivity contribution in [3.63, 3.8) is 0 Å². The molecule has 1 aromatic rings. The highest BCUT2D eigenvalue weighted by molar-refractivity contribution is 4.81. The molecule has 0 N–H and O–H groups in total. The summed E-state index contributed by atoms with van der Waals surface area (Å²) in [6.45, 7) is 7.27. The number of hydrogen-bond donors (Lipinski definition) is 0. The molecule has 0 atom stereocenters. The van der Waals surface area contributed by atoms with Crippen LogP contribution in [0, 0.1) is 6.92 Å². The lowest BCUT2D eigenvalue weighted by atomic mass is 10.6. The van der Waals surface area contributed by atoms with Crippen LogP contribution in [0.25, 0.3) is 0 Å². The van der Waals surface area contributed by atoms with E-state index in [2.05, 4.69) is 4.98 Å². The van der Waals surface area contributed by atoms with Crippen LogP contribution < -0.4 is 5.69 Å². The van der Waals surface area contributed by atoms with Gasteiger partial charge in [-0.2, -0.15) is 4.98 Å². The summed E-state index contributed by atoms with van der Waals surface area (Å²) in [5.74, 6) is 0.791. The largest absolute Gasteiger partial charge is 0.364 e. The number of hydrogen-bond acceptors (Lipinski definition) is 2. The van der Waals surface area contributed by atoms with Gasteiger partial charge in [-0.05, 0) is 20.8 Å². The van der Waals surface area contributed by atoms with Crippen LogP contribution in [0.3, 0.4) is 0 Å². The van der Waals surface area contributed by atoms with E-state index >= 15 is 0 Å². The molecule has 0 spiro atoms. The SMILES string of the molecule is CCn1c(C)nc(=O)n1CC. The molecular formula is C7H13N3O. The van der Waals surface area contributed by atoms with E-state index in [0.29, 0.717) is 6.54 Å². The van der Waals surface area contributed by atoms with E-state index in [9.17, 15) is 4.79 Å². The van der Waals surface area contributed by atoms with Crippen molar-refractivity contribution in [3.05, 3.63) is 16.3 Å². The lowest BCUT2D eigenvalue weighted by Crippen LogP contribution is -2.22. The molecule has 0 aliphatic carbocycles. The lowest BCUT2D eigenvalue weighted by molar-refractivity contribution is 0.468. The van der Waals surface area contributed by atoms with E-state index in [1.165, 1.54) is 0 Å². The second-order valence-corrected chi connectivity index (χ2v) is 2.37. The molecule has 4 nitrogen and oxygen atoms in total. The van der Waals surface area contributed by atoms with Gasteiger partial charge in [0.05, 0.1) is 0 Å². The summed E-state index contributed by atoms with van der Waals surface area (Å²) < 4.78 is 3.51. The van der Waals surface area contributed by atoms with Crippen LogP contribution in [0.1, 0.15) is 19.7 Å². The van der Waals surface area contributed by atoms with Gasteiger partial charge in [-0.15, -0.1) is 0 Å². The molecule has 0 radical (unpaired) electrons. The van der Waals surface area contributed by atoms with Crippen molar-refractivity contribution in [1.82, 2.24) is 14.3 Å². The summed E-state index contributed by atoms with van der Waals surface area (Å²) in [5, 5.41) is 0. The topological polar surface area (TPSA) is 39.8 Å². The van der Waals surface area contributed by atoms with Crippen LogP contribution >= 0.6 is 0 Å². The Hall–Kier alpha value is -1.06. The second kappa shape index (κ2) is 2.90. The molecular weight excluding hydrogens is 142 g/mol. The maximum Gasteiger partial charge on any atom is 0.364 e. The third kappa shape index (κ3) is 1.20. The van der Waals surface area contributed by atoms with Crippen molar-refractivity contribution >= 4 is 0 Å². The molecule has 0 aromatic carbocycles. The van der Waals surface area contributed by atoms with E-state index in [0.717, 1.165) is 12.4 Å². The number of rotatable bonds is 2. The van der Waals surface area contributed by atoms with E-state index in [4.69, 9.17) is 0 Å². The Labute approximate surface area is 65.5 Å². The second-order valence-electron chi connectivity index (χ2n) is 2.37. The fourth-order valence-corrected chi connectivity index (χ4v) is 1.24. The average Bonchev–Trinajstić information content (AvgIpc) is 2.24. The van der Waals surface area contributed by atoms with E-state index in [-0.39, 0.29) is 5.69 Å². The summed E-state index contributed by atoms with van der Waals surface area (Å²) >= 11 is 0. The zero-order valence-electron chi connectivity index (χ0n) is 7.16. The molecule has 62 valence electrons. The minimum absolute atomic E-state index is 0.146. The van der Waals surface area contributed by atoms with Crippen LogP contribution in [0.2, 0.25) is 0 Å².